The summed E-state index contributed by atoms with van der Waals surface area (Å²) in [6.07, 6.45) is -1.31. The maximum absolute atomic E-state index is 12.4. The molecule has 3 unspecified atom stereocenters. The molecule has 1 amide bonds. The maximum Gasteiger partial charge on any atom is 0.531 e. The van der Waals surface area contributed by atoms with Crippen LogP contribution < -0.4 is 5.32 Å². The van der Waals surface area contributed by atoms with E-state index in [2.05, 4.69) is 14.6 Å². The molecule has 0 aromatic rings. The average molecular weight is 417 g/mol. The summed E-state index contributed by atoms with van der Waals surface area (Å²) in [5, 5.41) is 20.6. The van der Waals surface area contributed by atoms with Crippen LogP contribution in [0.1, 0.15) is 40.0 Å². The first-order valence-electron chi connectivity index (χ1n) is 8.77. The molecule has 1 rings (SSSR count). The Labute approximate surface area is 165 Å². The number of carboxylic acid groups (broad SMARTS) is 2. The first-order chi connectivity index (χ1) is 12.9. The Morgan fingerprint density at radius 1 is 1.14 bits per heavy atom. The van der Waals surface area contributed by atoms with Gasteiger partial charge in [0.1, 0.15) is 0 Å². The highest BCUT2D eigenvalue weighted by molar-refractivity contribution is 7.16. The lowest BCUT2D eigenvalue weighted by Gasteiger charge is -2.22. The van der Waals surface area contributed by atoms with Crippen LogP contribution in [0.2, 0.25) is 5.82 Å². The standard InChI is InChI=1S/C16H25BNO9P/c1-8(7-28)14(24)18-10(3)11(19)4-9(2)17-26-15(25)16(27-17,5-12(20)21)6-13(22)23/h8-10H,4-7,28H2,1-3H3,(H,18,24)(H,20,21)(H,22,23)/t8?,9-,10?/m1/s1. The number of hydrogen-bond acceptors (Lipinski definition) is 7. The Morgan fingerprint density at radius 3 is 2.14 bits per heavy atom. The van der Waals surface area contributed by atoms with Gasteiger partial charge in [0.15, 0.2) is 11.4 Å². The van der Waals surface area contributed by atoms with Crippen molar-refractivity contribution in [3.05, 3.63) is 0 Å². The van der Waals surface area contributed by atoms with E-state index in [9.17, 15) is 24.0 Å². The highest BCUT2D eigenvalue weighted by Gasteiger charge is 2.56. The van der Waals surface area contributed by atoms with Crippen molar-refractivity contribution in [2.45, 2.75) is 57.5 Å². The monoisotopic (exact) mass is 417 g/mol. The van der Waals surface area contributed by atoms with Crippen molar-refractivity contribution in [2.24, 2.45) is 5.92 Å². The number of carbonyl (C=O) groups is 5. The van der Waals surface area contributed by atoms with Crippen molar-refractivity contribution in [2.75, 3.05) is 6.16 Å². The Bertz CT molecular complexity index is 640. The van der Waals surface area contributed by atoms with Crippen molar-refractivity contribution >= 4 is 46.0 Å². The summed E-state index contributed by atoms with van der Waals surface area (Å²) in [7, 11) is 1.18. The molecule has 156 valence electrons. The molecule has 3 N–H and O–H groups in total. The molecule has 28 heavy (non-hydrogen) atoms. The quantitative estimate of drug-likeness (QED) is 0.313. The van der Waals surface area contributed by atoms with E-state index in [4.69, 9.17) is 19.5 Å². The molecule has 1 heterocycles. The molecular weight excluding hydrogens is 392 g/mol. The molecule has 0 spiro atoms. The predicted molar refractivity (Wildman–Crippen MR) is 101 cm³/mol. The zero-order valence-corrected chi connectivity index (χ0v) is 17.1. The first-order valence-corrected chi connectivity index (χ1v) is 9.59. The van der Waals surface area contributed by atoms with Crippen LogP contribution in [0.15, 0.2) is 0 Å². The van der Waals surface area contributed by atoms with Gasteiger partial charge in [-0.1, -0.05) is 13.8 Å². The van der Waals surface area contributed by atoms with Gasteiger partial charge in [-0.2, -0.15) is 0 Å². The summed E-state index contributed by atoms with van der Waals surface area (Å²) in [4.78, 5) is 58.4. The van der Waals surface area contributed by atoms with Crippen molar-refractivity contribution < 1.29 is 43.5 Å². The van der Waals surface area contributed by atoms with Crippen molar-refractivity contribution in [1.82, 2.24) is 5.32 Å². The molecule has 0 aromatic carbocycles. The summed E-state index contributed by atoms with van der Waals surface area (Å²) < 4.78 is 10.4. The van der Waals surface area contributed by atoms with Gasteiger partial charge < -0.3 is 24.8 Å². The zero-order valence-electron chi connectivity index (χ0n) is 16.0. The molecule has 1 aliphatic rings. The third-order valence-electron chi connectivity index (χ3n) is 4.44. The third kappa shape index (κ3) is 6.27. The van der Waals surface area contributed by atoms with E-state index in [1.807, 2.05) is 0 Å². The smallest absolute Gasteiger partial charge is 0.507 e. The molecular formula is C16H25BNO9P. The fourth-order valence-electron chi connectivity index (χ4n) is 2.65. The molecule has 10 nitrogen and oxygen atoms in total. The van der Waals surface area contributed by atoms with Gasteiger partial charge in [0.25, 0.3) is 0 Å². The van der Waals surface area contributed by atoms with Crippen molar-refractivity contribution in [1.29, 1.82) is 0 Å². The summed E-state index contributed by atoms with van der Waals surface area (Å²) >= 11 is 0. The summed E-state index contributed by atoms with van der Waals surface area (Å²) in [6.45, 7) is 4.80. The number of nitrogens with one attached hydrogen (secondary N) is 1. The first kappa shape index (κ1) is 24.0. The van der Waals surface area contributed by atoms with Crippen molar-refractivity contribution in [3.8, 4) is 0 Å². The molecule has 0 radical (unpaired) electrons. The Balaban J connectivity index is 2.76. The Kier molecular flexibility index (Phi) is 8.57. The maximum atomic E-state index is 12.4. The molecule has 0 bridgehead atoms. The van der Waals surface area contributed by atoms with Gasteiger partial charge in [-0.05, 0) is 13.1 Å². The van der Waals surface area contributed by atoms with Crippen LogP contribution in [-0.2, 0) is 33.3 Å². The second-order valence-electron chi connectivity index (χ2n) is 7.04. The minimum Gasteiger partial charge on any atom is -0.507 e. The van der Waals surface area contributed by atoms with Crippen LogP contribution in [-0.4, -0.2) is 64.7 Å². The second kappa shape index (κ2) is 9.98. The predicted octanol–water partition coefficient (Wildman–Crippen LogP) is 0.101. The molecule has 0 aromatic heterocycles. The number of amides is 1. The highest BCUT2D eigenvalue weighted by atomic mass is 31.0. The highest BCUT2D eigenvalue weighted by Crippen LogP contribution is 2.35. The third-order valence-corrected chi connectivity index (χ3v) is 5.15. The van der Waals surface area contributed by atoms with Crippen LogP contribution in [0.4, 0.5) is 0 Å². The average Bonchev–Trinajstić information content (AvgIpc) is 2.88. The fourth-order valence-corrected chi connectivity index (χ4v) is 2.87. The Hall–Kier alpha value is -2.00. The number of rotatable bonds is 11. The lowest BCUT2D eigenvalue weighted by molar-refractivity contribution is -0.157. The van der Waals surface area contributed by atoms with Crippen LogP contribution in [0, 0.1) is 5.92 Å². The molecule has 1 aliphatic heterocycles. The number of ketones is 1. The minimum atomic E-state index is -2.13. The second-order valence-corrected chi connectivity index (χ2v) is 7.51. The minimum absolute atomic E-state index is 0.120. The van der Waals surface area contributed by atoms with Gasteiger partial charge in [-0.15, -0.1) is 9.24 Å². The number of carboxylic acids is 2. The number of Topliss-reactive ketones (excluding diaryl/α,β-unsaturated/α-hetero) is 1. The van der Waals surface area contributed by atoms with Crippen molar-refractivity contribution in [3.63, 3.8) is 0 Å². The SMILES string of the molecule is CC(CP)C(=O)NC(C)C(=O)C[C@@H](C)B1OC(=O)C(CC(=O)O)(CC(=O)O)O1. The summed E-state index contributed by atoms with van der Waals surface area (Å²) in [6, 6.07) is -0.770. The molecule has 0 aliphatic carbocycles. The number of hydrogen-bond donors (Lipinski definition) is 3. The van der Waals surface area contributed by atoms with Gasteiger partial charge in [-0.25, -0.2) is 0 Å². The van der Waals surface area contributed by atoms with Crippen LogP contribution in [0.3, 0.4) is 0 Å². The fraction of sp³-hybridized carbons (Fsp3) is 0.688. The lowest BCUT2D eigenvalue weighted by Crippen LogP contribution is -2.43. The molecule has 12 heteroatoms. The van der Waals surface area contributed by atoms with Gasteiger partial charge in [-0.3, -0.25) is 24.0 Å². The van der Waals surface area contributed by atoms with E-state index in [1.165, 1.54) is 6.92 Å². The van der Waals surface area contributed by atoms with E-state index in [-0.39, 0.29) is 24.0 Å². The van der Waals surface area contributed by atoms with E-state index < -0.39 is 55.3 Å². The van der Waals surface area contributed by atoms with Crippen LogP contribution in [0.5, 0.6) is 0 Å². The summed E-state index contributed by atoms with van der Waals surface area (Å²) in [5.41, 5.74) is -2.13. The van der Waals surface area contributed by atoms with E-state index in [0.29, 0.717) is 6.16 Å². The van der Waals surface area contributed by atoms with Crippen LogP contribution in [0.25, 0.3) is 0 Å². The normalized spacial score (nSPS) is 18.7. The zero-order chi connectivity index (χ0) is 21.6. The Morgan fingerprint density at radius 2 is 1.68 bits per heavy atom. The number of carbonyl (C=O) groups excluding carboxylic acids is 3. The van der Waals surface area contributed by atoms with E-state index >= 15 is 0 Å². The van der Waals surface area contributed by atoms with Gasteiger partial charge in [0.2, 0.25) is 5.91 Å². The van der Waals surface area contributed by atoms with Gasteiger partial charge in [0.05, 0.1) is 18.9 Å². The van der Waals surface area contributed by atoms with Gasteiger partial charge >= 0.3 is 25.0 Å². The van der Waals surface area contributed by atoms with Crippen LogP contribution >= 0.6 is 9.24 Å². The van der Waals surface area contributed by atoms with Gasteiger partial charge in [0, 0.05) is 18.2 Å². The largest absolute Gasteiger partial charge is 0.531 e. The lowest BCUT2D eigenvalue weighted by atomic mass is 9.70. The topological polar surface area (TPSA) is 156 Å². The summed E-state index contributed by atoms with van der Waals surface area (Å²) in [5.74, 6) is -5.45. The molecule has 0 saturated carbocycles. The van der Waals surface area contributed by atoms with E-state index in [1.54, 1.807) is 13.8 Å². The van der Waals surface area contributed by atoms with E-state index in [0.717, 1.165) is 0 Å². The molecule has 4 atom stereocenters. The number of aliphatic carboxylic acids is 2. The molecule has 1 saturated heterocycles. The molecule has 1 fully saturated rings.